The Morgan fingerprint density at radius 3 is 2.70 bits per heavy atom. The number of hydrogen-bond acceptors (Lipinski definition) is 1. The van der Waals surface area contributed by atoms with E-state index in [1.165, 1.54) is 11.8 Å². The maximum atomic E-state index is 5.81. The molecule has 1 aromatic carbocycles. The van der Waals surface area contributed by atoms with Gasteiger partial charge in [-0.3, -0.25) is 0 Å². The highest BCUT2D eigenvalue weighted by molar-refractivity contribution is 8.00. The first-order valence-corrected chi connectivity index (χ1v) is 4.28. The van der Waals surface area contributed by atoms with Crippen molar-refractivity contribution in [2.75, 3.05) is 0 Å². The summed E-state index contributed by atoms with van der Waals surface area (Å²) in [6.45, 7) is 1.99. The van der Waals surface area contributed by atoms with Gasteiger partial charge in [-0.2, -0.15) is 0 Å². The molecule has 0 nitrogen and oxygen atoms in total. The van der Waals surface area contributed by atoms with E-state index >= 15 is 0 Å². The van der Waals surface area contributed by atoms with E-state index in [2.05, 4.69) is 6.26 Å². The molecule has 0 aliphatic carbocycles. The van der Waals surface area contributed by atoms with Crippen LogP contribution >= 0.6 is 23.4 Å². The topological polar surface area (TPSA) is 0 Å². The van der Waals surface area contributed by atoms with Gasteiger partial charge in [-0.15, -0.1) is 11.8 Å². The second-order valence-electron chi connectivity index (χ2n) is 2.06. The van der Waals surface area contributed by atoms with E-state index in [-0.39, 0.29) is 0 Å². The van der Waals surface area contributed by atoms with Gasteiger partial charge in [-0.25, -0.2) is 0 Å². The third-order valence-corrected chi connectivity index (χ3v) is 2.31. The lowest BCUT2D eigenvalue weighted by molar-refractivity contribution is 1.37. The fraction of sp³-hybridized carbons (Fsp3) is 0.125. The summed E-state index contributed by atoms with van der Waals surface area (Å²) in [6, 6.07) is 5.89. The lowest BCUT2D eigenvalue weighted by atomic mass is 10.2. The standard InChI is InChI=1S/C8H8ClS/c1-6-5-7(10-2)3-4-8(6)9/h3-5H,2H2,1H3. The van der Waals surface area contributed by atoms with Crippen LogP contribution in [0.2, 0.25) is 5.02 Å². The molecule has 1 radical (unpaired) electrons. The number of hydrogen-bond donors (Lipinski definition) is 0. The van der Waals surface area contributed by atoms with Crippen molar-refractivity contribution in [3.8, 4) is 0 Å². The monoisotopic (exact) mass is 171 g/mol. The van der Waals surface area contributed by atoms with Crippen molar-refractivity contribution in [1.82, 2.24) is 0 Å². The number of rotatable bonds is 1. The van der Waals surface area contributed by atoms with Gasteiger partial charge in [0, 0.05) is 16.2 Å². The predicted molar refractivity (Wildman–Crippen MR) is 47.4 cm³/mol. The van der Waals surface area contributed by atoms with Crippen LogP contribution in [-0.4, -0.2) is 0 Å². The minimum absolute atomic E-state index is 0.817. The van der Waals surface area contributed by atoms with E-state index in [9.17, 15) is 0 Å². The molecule has 0 N–H and O–H groups in total. The van der Waals surface area contributed by atoms with Crippen LogP contribution in [0.5, 0.6) is 0 Å². The van der Waals surface area contributed by atoms with Crippen molar-refractivity contribution in [1.29, 1.82) is 0 Å². The SMILES string of the molecule is [CH2]Sc1ccc(Cl)c(C)c1. The Hall–Kier alpha value is -0.140. The van der Waals surface area contributed by atoms with Crippen molar-refractivity contribution < 1.29 is 0 Å². The number of aryl methyl sites for hydroxylation is 1. The van der Waals surface area contributed by atoms with Gasteiger partial charge in [-0.1, -0.05) is 11.6 Å². The largest absolute Gasteiger partial charge is 0.125 e. The quantitative estimate of drug-likeness (QED) is 0.583. The average Bonchev–Trinajstić information content (AvgIpc) is 1.95. The predicted octanol–water partition coefficient (Wildman–Crippen LogP) is 3.53. The molecule has 53 valence electrons. The lowest BCUT2D eigenvalue weighted by Crippen LogP contribution is -1.74. The van der Waals surface area contributed by atoms with Crippen LogP contribution in [0.1, 0.15) is 5.56 Å². The summed E-state index contributed by atoms with van der Waals surface area (Å²) in [7, 11) is 0. The van der Waals surface area contributed by atoms with Crippen molar-refractivity contribution in [2.24, 2.45) is 0 Å². The zero-order chi connectivity index (χ0) is 7.56. The van der Waals surface area contributed by atoms with E-state index in [4.69, 9.17) is 11.6 Å². The average molecular weight is 172 g/mol. The van der Waals surface area contributed by atoms with Crippen LogP contribution in [0.3, 0.4) is 0 Å². The van der Waals surface area contributed by atoms with Crippen molar-refractivity contribution in [2.45, 2.75) is 11.8 Å². The van der Waals surface area contributed by atoms with Gasteiger partial charge in [-0.05, 0) is 30.7 Å². The molecule has 0 aromatic heterocycles. The van der Waals surface area contributed by atoms with Crippen LogP contribution in [0.25, 0.3) is 0 Å². The van der Waals surface area contributed by atoms with Gasteiger partial charge in [0.1, 0.15) is 0 Å². The summed E-state index contributed by atoms with van der Waals surface area (Å²) in [5.41, 5.74) is 1.11. The molecule has 0 saturated heterocycles. The Morgan fingerprint density at radius 1 is 1.50 bits per heavy atom. The third kappa shape index (κ3) is 1.68. The lowest BCUT2D eigenvalue weighted by Gasteiger charge is -1.98. The highest BCUT2D eigenvalue weighted by Crippen LogP contribution is 2.22. The molecular weight excluding hydrogens is 164 g/mol. The highest BCUT2D eigenvalue weighted by atomic mass is 35.5. The first-order chi connectivity index (χ1) is 4.74. The van der Waals surface area contributed by atoms with Gasteiger partial charge >= 0.3 is 0 Å². The Balaban J connectivity index is 3.04. The summed E-state index contributed by atoms with van der Waals surface area (Å²) in [5, 5.41) is 0.817. The van der Waals surface area contributed by atoms with Crippen LogP contribution in [0, 0.1) is 13.2 Å². The van der Waals surface area contributed by atoms with E-state index in [1.54, 1.807) is 0 Å². The third-order valence-electron chi connectivity index (χ3n) is 1.30. The van der Waals surface area contributed by atoms with Gasteiger partial charge in [0.2, 0.25) is 0 Å². The van der Waals surface area contributed by atoms with Crippen LogP contribution in [0.4, 0.5) is 0 Å². The summed E-state index contributed by atoms with van der Waals surface area (Å²) in [5.74, 6) is 0. The second kappa shape index (κ2) is 3.31. The molecule has 0 aliphatic rings. The van der Waals surface area contributed by atoms with E-state index < -0.39 is 0 Å². The summed E-state index contributed by atoms with van der Waals surface area (Å²) >= 11 is 7.29. The minimum Gasteiger partial charge on any atom is -0.125 e. The number of benzene rings is 1. The maximum absolute atomic E-state index is 5.81. The first kappa shape index (κ1) is 7.96. The molecule has 0 spiro atoms. The molecule has 0 saturated carbocycles. The van der Waals surface area contributed by atoms with E-state index in [0.29, 0.717) is 0 Å². The molecule has 0 heterocycles. The van der Waals surface area contributed by atoms with Gasteiger partial charge in [0.05, 0.1) is 0 Å². The number of halogens is 1. The fourth-order valence-corrected chi connectivity index (χ4v) is 1.25. The molecule has 0 bridgehead atoms. The number of thioether (sulfide) groups is 1. The van der Waals surface area contributed by atoms with Gasteiger partial charge in [0.15, 0.2) is 0 Å². The highest BCUT2D eigenvalue weighted by Gasteiger charge is 1.94. The minimum atomic E-state index is 0.817. The van der Waals surface area contributed by atoms with Crippen molar-refractivity contribution >= 4 is 23.4 Å². The molecule has 2 heteroatoms. The Morgan fingerprint density at radius 2 is 2.20 bits per heavy atom. The van der Waals surface area contributed by atoms with Crippen molar-refractivity contribution in [3.05, 3.63) is 35.0 Å². The fourth-order valence-electron chi connectivity index (χ4n) is 0.707. The Bertz CT molecular complexity index is 233. The van der Waals surface area contributed by atoms with Crippen LogP contribution in [0.15, 0.2) is 23.1 Å². The van der Waals surface area contributed by atoms with Gasteiger partial charge < -0.3 is 0 Å². The molecule has 1 rings (SSSR count). The molecule has 0 atom stereocenters. The zero-order valence-corrected chi connectivity index (χ0v) is 7.30. The second-order valence-corrected chi connectivity index (χ2v) is 3.22. The Labute approximate surface area is 70.6 Å². The Kier molecular flexibility index (Phi) is 2.64. The summed E-state index contributed by atoms with van der Waals surface area (Å²) < 4.78 is 0. The first-order valence-electron chi connectivity index (χ1n) is 2.92. The molecule has 0 fully saturated rings. The van der Waals surface area contributed by atoms with Crippen LogP contribution < -0.4 is 0 Å². The molecular formula is C8H8ClS. The molecule has 1 aromatic rings. The molecule has 0 unspecified atom stereocenters. The molecule has 0 aliphatic heterocycles. The van der Waals surface area contributed by atoms with Gasteiger partial charge in [0.25, 0.3) is 0 Å². The van der Waals surface area contributed by atoms with Crippen LogP contribution in [-0.2, 0) is 0 Å². The van der Waals surface area contributed by atoms with Crippen molar-refractivity contribution in [3.63, 3.8) is 0 Å². The van der Waals surface area contributed by atoms with E-state index in [0.717, 1.165) is 15.5 Å². The molecule has 10 heavy (non-hydrogen) atoms. The summed E-state index contributed by atoms with van der Waals surface area (Å²) in [6.07, 6.45) is 3.70. The zero-order valence-electron chi connectivity index (χ0n) is 5.73. The summed E-state index contributed by atoms with van der Waals surface area (Å²) in [4.78, 5) is 1.15. The molecule has 0 amide bonds. The normalized spacial score (nSPS) is 9.90. The van der Waals surface area contributed by atoms with E-state index in [1.807, 2.05) is 25.1 Å². The smallest absolute Gasteiger partial charge is 0.0435 e. The maximum Gasteiger partial charge on any atom is 0.0435 e.